The molecule has 4 heteroatoms. The third-order valence-electron chi connectivity index (χ3n) is 0.651. The molecule has 60 valence electrons. The lowest BCUT2D eigenvalue weighted by Gasteiger charge is -2.21. The van der Waals surface area contributed by atoms with Crippen molar-refractivity contribution in [1.29, 1.82) is 0 Å². The highest BCUT2D eigenvalue weighted by Crippen LogP contribution is 2.14. The van der Waals surface area contributed by atoms with E-state index in [1.165, 1.54) is 0 Å². The van der Waals surface area contributed by atoms with E-state index in [0.717, 1.165) is 0 Å². The van der Waals surface area contributed by atoms with Crippen LogP contribution in [0.15, 0.2) is 0 Å². The first-order valence-corrected chi connectivity index (χ1v) is 3.79. The summed E-state index contributed by atoms with van der Waals surface area (Å²) in [4.78, 5) is 10.2. The fourth-order valence-electron chi connectivity index (χ4n) is 0.361. The van der Waals surface area contributed by atoms with Crippen LogP contribution in [0, 0.1) is 0 Å². The Labute approximate surface area is 68.5 Å². The van der Waals surface area contributed by atoms with E-state index in [9.17, 15) is 4.79 Å². The summed E-state index contributed by atoms with van der Waals surface area (Å²) in [7, 11) is 0. The van der Waals surface area contributed by atoms with Crippen LogP contribution in [0.3, 0.4) is 0 Å². The highest BCUT2D eigenvalue weighted by molar-refractivity contribution is 9.09. The summed E-state index contributed by atoms with van der Waals surface area (Å²) in [5.74, 6) is -1.00. The van der Waals surface area contributed by atoms with Gasteiger partial charge in [-0.2, -0.15) is 0 Å². The van der Waals surface area contributed by atoms with E-state index >= 15 is 0 Å². The summed E-state index contributed by atoms with van der Waals surface area (Å²) >= 11 is 2.86. The Morgan fingerprint density at radius 1 is 1.60 bits per heavy atom. The van der Waals surface area contributed by atoms with Crippen LogP contribution in [0.4, 0.5) is 0 Å². The van der Waals surface area contributed by atoms with Crippen molar-refractivity contribution in [2.24, 2.45) is 0 Å². The predicted octanol–water partition coefficient (Wildman–Crippen LogP) is 1.61. The molecule has 0 bridgehead atoms. The fraction of sp³-hybridized carbons (Fsp3) is 0.833. The third-order valence-corrected chi connectivity index (χ3v) is 1.23. The largest absolute Gasteiger partial charge is 0.479 e. The third kappa shape index (κ3) is 4.76. The highest BCUT2D eigenvalue weighted by atomic mass is 79.9. The Morgan fingerprint density at radius 2 is 2.00 bits per heavy atom. The number of hydrogen-bond donors (Lipinski definition) is 1. The zero-order chi connectivity index (χ0) is 8.36. The summed E-state index contributed by atoms with van der Waals surface area (Å²) < 4.78 is 5.02. The SMILES string of the molecule is CC(C)(C)OC(Br)C(=O)O. The summed E-state index contributed by atoms with van der Waals surface area (Å²) in [5, 5.41) is 7.46. The molecule has 10 heavy (non-hydrogen) atoms. The first-order chi connectivity index (χ1) is 4.33. The Balaban J connectivity index is 3.80. The van der Waals surface area contributed by atoms with Gasteiger partial charge >= 0.3 is 5.97 Å². The van der Waals surface area contributed by atoms with Crippen molar-refractivity contribution in [3.8, 4) is 0 Å². The molecule has 0 aromatic rings. The van der Waals surface area contributed by atoms with E-state index in [0.29, 0.717) is 0 Å². The van der Waals surface area contributed by atoms with Gasteiger partial charge in [-0.3, -0.25) is 0 Å². The smallest absolute Gasteiger partial charge is 0.344 e. The molecule has 3 nitrogen and oxygen atoms in total. The van der Waals surface area contributed by atoms with Crippen LogP contribution in [0.1, 0.15) is 20.8 Å². The maximum atomic E-state index is 10.2. The van der Waals surface area contributed by atoms with Gasteiger partial charge in [0.25, 0.3) is 0 Å². The number of carboxylic acid groups (broad SMARTS) is 1. The number of hydrogen-bond acceptors (Lipinski definition) is 2. The lowest BCUT2D eigenvalue weighted by atomic mass is 10.2. The fourth-order valence-corrected chi connectivity index (χ4v) is 0.922. The minimum absolute atomic E-state index is 0.424. The molecule has 0 rings (SSSR count). The topological polar surface area (TPSA) is 46.5 Å². The predicted molar refractivity (Wildman–Crippen MR) is 41.2 cm³/mol. The van der Waals surface area contributed by atoms with Gasteiger partial charge in [-0.15, -0.1) is 0 Å². The van der Waals surface area contributed by atoms with Crippen molar-refractivity contribution in [1.82, 2.24) is 0 Å². The summed E-state index contributed by atoms with van der Waals surface area (Å²) in [6, 6.07) is 0. The molecule has 0 aliphatic rings. The quantitative estimate of drug-likeness (QED) is 0.705. The Kier molecular flexibility index (Phi) is 3.31. The molecule has 1 atom stereocenters. The van der Waals surface area contributed by atoms with Crippen LogP contribution >= 0.6 is 15.9 Å². The van der Waals surface area contributed by atoms with Crippen molar-refractivity contribution in [2.75, 3.05) is 0 Å². The molecule has 0 aromatic heterocycles. The average molecular weight is 211 g/mol. The minimum atomic E-state index is -1.00. The van der Waals surface area contributed by atoms with Gasteiger partial charge in [0, 0.05) is 0 Å². The van der Waals surface area contributed by atoms with E-state index in [-0.39, 0.29) is 0 Å². The summed E-state index contributed by atoms with van der Waals surface area (Å²) in [6.45, 7) is 5.39. The van der Waals surface area contributed by atoms with Crippen molar-refractivity contribution < 1.29 is 14.6 Å². The molecule has 0 amide bonds. The second-order valence-electron chi connectivity index (χ2n) is 2.88. The van der Waals surface area contributed by atoms with Crippen LogP contribution < -0.4 is 0 Å². The summed E-state index contributed by atoms with van der Waals surface area (Å²) in [5.41, 5.74) is -0.424. The molecular weight excluding hydrogens is 200 g/mol. The van der Waals surface area contributed by atoms with Crippen molar-refractivity contribution in [3.05, 3.63) is 0 Å². The maximum Gasteiger partial charge on any atom is 0.344 e. The lowest BCUT2D eigenvalue weighted by molar-refractivity contribution is -0.149. The van der Waals surface area contributed by atoms with Crippen molar-refractivity contribution >= 4 is 21.9 Å². The summed E-state index contributed by atoms with van der Waals surface area (Å²) in [6.07, 6.45) is 0. The maximum absolute atomic E-state index is 10.2. The van der Waals surface area contributed by atoms with Gasteiger partial charge in [-0.25, -0.2) is 4.79 Å². The highest BCUT2D eigenvalue weighted by Gasteiger charge is 2.21. The molecule has 0 aliphatic carbocycles. The molecule has 0 aromatic carbocycles. The van der Waals surface area contributed by atoms with Crippen LogP contribution in [-0.4, -0.2) is 21.7 Å². The Morgan fingerprint density at radius 3 is 2.10 bits per heavy atom. The lowest BCUT2D eigenvalue weighted by Crippen LogP contribution is -2.28. The molecule has 0 saturated heterocycles. The van der Waals surface area contributed by atoms with Gasteiger partial charge in [0.05, 0.1) is 5.60 Å². The number of ether oxygens (including phenoxy) is 1. The van der Waals surface area contributed by atoms with Gasteiger partial charge in [0.1, 0.15) is 0 Å². The van der Waals surface area contributed by atoms with E-state index in [1.54, 1.807) is 20.8 Å². The van der Waals surface area contributed by atoms with Crippen molar-refractivity contribution in [3.63, 3.8) is 0 Å². The van der Waals surface area contributed by atoms with Gasteiger partial charge in [-0.05, 0) is 36.7 Å². The number of halogens is 1. The molecule has 0 heterocycles. The van der Waals surface area contributed by atoms with E-state index in [2.05, 4.69) is 15.9 Å². The molecule has 0 saturated carbocycles. The second kappa shape index (κ2) is 3.34. The second-order valence-corrected chi connectivity index (χ2v) is 3.72. The normalized spacial score (nSPS) is 14.8. The molecule has 0 fully saturated rings. The number of alkyl halides is 1. The molecule has 0 spiro atoms. The number of carbonyl (C=O) groups is 1. The van der Waals surface area contributed by atoms with Gasteiger partial charge < -0.3 is 9.84 Å². The monoisotopic (exact) mass is 210 g/mol. The van der Waals surface area contributed by atoms with Crippen LogP contribution in [0.2, 0.25) is 0 Å². The van der Waals surface area contributed by atoms with Crippen molar-refractivity contribution in [2.45, 2.75) is 31.4 Å². The number of carboxylic acids is 1. The molecule has 0 radical (unpaired) electrons. The van der Waals surface area contributed by atoms with Gasteiger partial charge in [-0.1, -0.05) is 0 Å². The Hall–Kier alpha value is -0.0900. The first-order valence-electron chi connectivity index (χ1n) is 2.87. The Bertz CT molecular complexity index is 127. The zero-order valence-electron chi connectivity index (χ0n) is 6.22. The van der Waals surface area contributed by atoms with E-state index < -0.39 is 16.6 Å². The molecule has 1 N–H and O–H groups in total. The number of rotatable bonds is 2. The standard InChI is InChI=1S/C6H11BrO3/c1-6(2,3)10-4(7)5(8)9/h4H,1-3H3,(H,8,9). The molecule has 1 unspecified atom stereocenters. The average Bonchev–Trinajstić information content (AvgIpc) is 1.60. The molecular formula is C6H11BrO3. The molecule has 0 aliphatic heterocycles. The van der Waals surface area contributed by atoms with E-state index in [4.69, 9.17) is 9.84 Å². The van der Waals surface area contributed by atoms with Crippen LogP contribution in [0.25, 0.3) is 0 Å². The van der Waals surface area contributed by atoms with E-state index in [1.807, 2.05) is 0 Å². The zero-order valence-corrected chi connectivity index (χ0v) is 7.81. The van der Waals surface area contributed by atoms with Crippen LogP contribution in [0.5, 0.6) is 0 Å². The van der Waals surface area contributed by atoms with Gasteiger partial charge in [0.15, 0.2) is 0 Å². The number of aliphatic carboxylic acids is 1. The first kappa shape index (κ1) is 9.91. The van der Waals surface area contributed by atoms with Crippen LogP contribution in [-0.2, 0) is 9.53 Å². The minimum Gasteiger partial charge on any atom is -0.479 e. The van der Waals surface area contributed by atoms with Gasteiger partial charge in [0.2, 0.25) is 5.01 Å².